The van der Waals surface area contributed by atoms with Crippen LogP contribution in [-0.2, 0) is 0 Å². The molecule has 0 aliphatic heterocycles. The summed E-state index contributed by atoms with van der Waals surface area (Å²) in [5, 5.41) is 0. The van der Waals surface area contributed by atoms with Gasteiger partial charge in [0.15, 0.2) is 0 Å². The van der Waals surface area contributed by atoms with Crippen molar-refractivity contribution < 1.29 is 0 Å². The highest BCUT2D eigenvalue weighted by atomic mass is 13.9. The first kappa shape index (κ1) is 10.2. The average molecular weight is 150 g/mol. The van der Waals surface area contributed by atoms with Crippen molar-refractivity contribution in [2.75, 3.05) is 0 Å². The number of hydrogen-bond donors (Lipinski definition) is 0. The van der Waals surface area contributed by atoms with Crippen LogP contribution in [0.4, 0.5) is 0 Å². The number of hydrogen-bond acceptors (Lipinski definition) is 0. The third-order valence-corrected chi connectivity index (χ3v) is 1.64. The van der Waals surface area contributed by atoms with Crippen molar-refractivity contribution in [2.45, 2.75) is 33.6 Å². The molecule has 11 heavy (non-hydrogen) atoms. The minimum absolute atomic E-state index is 1.09. The van der Waals surface area contributed by atoms with Gasteiger partial charge in [-0.3, -0.25) is 0 Å². The van der Waals surface area contributed by atoms with Crippen LogP contribution in [0, 0.1) is 0 Å². The normalized spacial score (nSPS) is 11.2. The zero-order valence-electron chi connectivity index (χ0n) is 7.80. The summed E-state index contributed by atoms with van der Waals surface area (Å²) >= 11 is 0. The topological polar surface area (TPSA) is 0 Å². The molecule has 0 bridgehead atoms. The van der Waals surface area contributed by atoms with Gasteiger partial charge in [-0.15, -0.1) is 0 Å². The summed E-state index contributed by atoms with van der Waals surface area (Å²) in [7, 11) is 0. The second kappa shape index (κ2) is 7.33. The Morgan fingerprint density at radius 3 is 1.64 bits per heavy atom. The fraction of sp³-hybridized carbons (Fsp3) is 0.455. The quantitative estimate of drug-likeness (QED) is 0.534. The molecular formula is C11H18. The van der Waals surface area contributed by atoms with E-state index in [4.69, 9.17) is 0 Å². The van der Waals surface area contributed by atoms with Crippen LogP contribution < -0.4 is 0 Å². The van der Waals surface area contributed by atoms with E-state index in [1.807, 2.05) is 0 Å². The monoisotopic (exact) mass is 150 g/mol. The zero-order chi connectivity index (χ0) is 8.53. The lowest BCUT2D eigenvalue weighted by Crippen LogP contribution is -1.77. The highest BCUT2D eigenvalue weighted by Gasteiger charge is 1.87. The van der Waals surface area contributed by atoms with Crippen molar-refractivity contribution in [3.8, 4) is 0 Å². The molecule has 0 aromatic heterocycles. The molecule has 0 N–H and O–H groups in total. The first-order chi connectivity index (χ1) is 5.35. The predicted molar refractivity (Wildman–Crippen MR) is 52.6 cm³/mol. The maximum absolute atomic E-state index is 2.19. The Morgan fingerprint density at radius 2 is 1.36 bits per heavy atom. The van der Waals surface area contributed by atoms with Crippen molar-refractivity contribution in [1.82, 2.24) is 0 Å². The summed E-state index contributed by atoms with van der Waals surface area (Å²) in [6.07, 6.45) is 13.0. The molecule has 0 heterocycles. The van der Waals surface area contributed by atoms with E-state index in [-0.39, 0.29) is 0 Å². The lowest BCUT2D eigenvalue weighted by Gasteiger charge is -1.97. The first-order valence-electron chi connectivity index (χ1n) is 4.21. The van der Waals surface area contributed by atoms with Gasteiger partial charge in [-0.25, -0.2) is 0 Å². The SMILES string of the molecule is CC=CCC(=CC)CC=CC. The summed E-state index contributed by atoms with van der Waals surface area (Å²) in [6.45, 7) is 6.22. The molecule has 0 spiro atoms. The van der Waals surface area contributed by atoms with Crippen LogP contribution >= 0.6 is 0 Å². The van der Waals surface area contributed by atoms with E-state index in [0.717, 1.165) is 12.8 Å². The summed E-state index contributed by atoms with van der Waals surface area (Å²) in [5.74, 6) is 0. The third kappa shape index (κ3) is 5.65. The summed E-state index contributed by atoms with van der Waals surface area (Å²) < 4.78 is 0. The maximum atomic E-state index is 2.19. The van der Waals surface area contributed by atoms with Gasteiger partial charge in [-0.1, -0.05) is 36.0 Å². The van der Waals surface area contributed by atoms with Crippen LogP contribution in [0.2, 0.25) is 0 Å². The van der Waals surface area contributed by atoms with Crippen LogP contribution in [0.3, 0.4) is 0 Å². The van der Waals surface area contributed by atoms with Crippen LogP contribution in [0.1, 0.15) is 33.6 Å². The Kier molecular flexibility index (Phi) is 6.81. The van der Waals surface area contributed by atoms with Crippen molar-refractivity contribution >= 4 is 0 Å². The molecule has 0 aliphatic carbocycles. The smallest absolute Gasteiger partial charge is 0.0136 e. The molecule has 0 unspecified atom stereocenters. The zero-order valence-corrected chi connectivity index (χ0v) is 7.80. The van der Waals surface area contributed by atoms with Gasteiger partial charge in [0.1, 0.15) is 0 Å². The van der Waals surface area contributed by atoms with Crippen LogP contribution in [0.15, 0.2) is 36.0 Å². The third-order valence-electron chi connectivity index (χ3n) is 1.64. The van der Waals surface area contributed by atoms with Crippen molar-refractivity contribution in [3.05, 3.63) is 36.0 Å². The molecule has 0 amide bonds. The molecule has 0 nitrogen and oxygen atoms in total. The molecule has 0 radical (unpaired) electrons. The van der Waals surface area contributed by atoms with Gasteiger partial charge in [0.2, 0.25) is 0 Å². The maximum Gasteiger partial charge on any atom is -0.0136 e. The van der Waals surface area contributed by atoms with Gasteiger partial charge < -0.3 is 0 Å². The molecule has 0 fully saturated rings. The summed E-state index contributed by atoms with van der Waals surface area (Å²) in [4.78, 5) is 0. The fourth-order valence-electron chi connectivity index (χ4n) is 0.857. The molecule has 62 valence electrons. The average Bonchev–Trinajstić information content (AvgIpc) is 2.05. The van der Waals surface area contributed by atoms with E-state index in [1.165, 1.54) is 5.57 Å². The van der Waals surface area contributed by atoms with Crippen LogP contribution in [0.25, 0.3) is 0 Å². The highest BCUT2D eigenvalue weighted by molar-refractivity contribution is 5.10. The molecular weight excluding hydrogens is 132 g/mol. The highest BCUT2D eigenvalue weighted by Crippen LogP contribution is 2.08. The van der Waals surface area contributed by atoms with Gasteiger partial charge in [0.25, 0.3) is 0 Å². The second-order valence-corrected chi connectivity index (χ2v) is 2.49. The molecule has 0 aliphatic rings. The Hall–Kier alpha value is -0.780. The Balaban J connectivity index is 3.78. The Morgan fingerprint density at radius 1 is 0.909 bits per heavy atom. The molecule has 0 atom stereocenters. The molecule has 0 rings (SSSR count). The molecule has 0 saturated heterocycles. The lowest BCUT2D eigenvalue weighted by molar-refractivity contribution is 1.09. The van der Waals surface area contributed by atoms with Crippen LogP contribution in [0.5, 0.6) is 0 Å². The van der Waals surface area contributed by atoms with Crippen molar-refractivity contribution in [3.63, 3.8) is 0 Å². The van der Waals surface area contributed by atoms with Gasteiger partial charge in [0.05, 0.1) is 0 Å². The minimum Gasteiger partial charge on any atom is -0.0913 e. The molecule has 0 aromatic rings. The molecule has 0 heteroatoms. The minimum atomic E-state index is 1.09. The van der Waals surface area contributed by atoms with E-state index in [9.17, 15) is 0 Å². The van der Waals surface area contributed by atoms with Gasteiger partial charge >= 0.3 is 0 Å². The summed E-state index contributed by atoms with van der Waals surface area (Å²) in [5.41, 5.74) is 1.49. The number of rotatable bonds is 4. The largest absolute Gasteiger partial charge is 0.0913 e. The van der Waals surface area contributed by atoms with E-state index >= 15 is 0 Å². The predicted octanol–water partition coefficient (Wildman–Crippen LogP) is 3.87. The number of allylic oxidation sites excluding steroid dienone is 6. The second-order valence-electron chi connectivity index (χ2n) is 2.49. The molecule has 0 aromatic carbocycles. The Bertz CT molecular complexity index is 143. The van der Waals surface area contributed by atoms with Gasteiger partial charge in [-0.2, -0.15) is 0 Å². The van der Waals surface area contributed by atoms with E-state index in [0.29, 0.717) is 0 Å². The fourth-order valence-corrected chi connectivity index (χ4v) is 0.857. The van der Waals surface area contributed by atoms with Gasteiger partial charge in [-0.05, 0) is 33.6 Å². The molecule has 0 saturated carbocycles. The summed E-state index contributed by atoms with van der Waals surface area (Å²) in [6, 6.07) is 0. The van der Waals surface area contributed by atoms with E-state index in [1.54, 1.807) is 0 Å². The van der Waals surface area contributed by atoms with Crippen molar-refractivity contribution in [2.24, 2.45) is 0 Å². The van der Waals surface area contributed by atoms with E-state index in [2.05, 4.69) is 51.2 Å². The first-order valence-corrected chi connectivity index (χ1v) is 4.21. The van der Waals surface area contributed by atoms with E-state index < -0.39 is 0 Å². The van der Waals surface area contributed by atoms with Crippen LogP contribution in [-0.4, -0.2) is 0 Å². The van der Waals surface area contributed by atoms with Gasteiger partial charge in [0, 0.05) is 0 Å². The van der Waals surface area contributed by atoms with Crippen molar-refractivity contribution in [1.29, 1.82) is 0 Å². The lowest BCUT2D eigenvalue weighted by atomic mass is 10.1. The standard InChI is InChI=1S/C11H18/c1-4-7-9-11(6-3)10-8-5-2/h4-8H,9-10H2,1-3H3. The Labute approximate surface area is 70.3 Å².